The molecule has 0 radical (unpaired) electrons. The van der Waals surface area contributed by atoms with E-state index in [-0.39, 0.29) is 28.5 Å². The van der Waals surface area contributed by atoms with E-state index in [1.165, 1.54) is 12.1 Å². The van der Waals surface area contributed by atoms with Gasteiger partial charge < -0.3 is 4.74 Å². The lowest BCUT2D eigenvalue weighted by atomic mass is 10.1. The third-order valence-electron chi connectivity index (χ3n) is 2.68. The Balaban J connectivity index is 2.21. The molecule has 0 fully saturated rings. The molecule has 0 atom stereocenters. The molecule has 0 unspecified atom stereocenters. The van der Waals surface area contributed by atoms with Gasteiger partial charge in [-0.1, -0.05) is 23.7 Å². The van der Waals surface area contributed by atoms with E-state index in [4.69, 9.17) is 21.6 Å². The first-order chi connectivity index (χ1) is 9.65. The van der Waals surface area contributed by atoms with Crippen LogP contribution in [0.4, 0.5) is 4.39 Å². The van der Waals surface area contributed by atoms with Gasteiger partial charge in [0.2, 0.25) is 0 Å². The first-order valence-corrected chi connectivity index (χ1v) is 6.08. The van der Waals surface area contributed by atoms with Crippen LogP contribution in [0.2, 0.25) is 5.02 Å². The third kappa shape index (κ3) is 2.95. The van der Waals surface area contributed by atoms with Gasteiger partial charge >= 0.3 is 0 Å². The van der Waals surface area contributed by atoms with Crippen molar-refractivity contribution in [2.45, 2.75) is 6.61 Å². The van der Waals surface area contributed by atoms with E-state index in [1.807, 2.05) is 6.07 Å². The molecule has 0 aliphatic heterocycles. The summed E-state index contributed by atoms with van der Waals surface area (Å²) in [5.41, 5.74) is 0.810. The average Bonchev–Trinajstić information content (AvgIpc) is 2.46. The van der Waals surface area contributed by atoms with Crippen molar-refractivity contribution in [3.8, 4) is 11.8 Å². The van der Waals surface area contributed by atoms with E-state index in [0.29, 0.717) is 11.8 Å². The van der Waals surface area contributed by atoms with Crippen molar-refractivity contribution in [2.75, 3.05) is 0 Å². The average molecular weight is 290 g/mol. The molecule has 0 heterocycles. The third-order valence-corrected chi connectivity index (χ3v) is 2.98. The minimum absolute atomic E-state index is 0.0812. The number of hydrogen-bond donors (Lipinski definition) is 0. The van der Waals surface area contributed by atoms with Crippen molar-refractivity contribution in [3.05, 3.63) is 63.9 Å². The van der Waals surface area contributed by atoms with Crippen LogP contribution in [0, 0.1) is 17.1 Å². The molecule has 0 aromatic heterocycles. The van der Waals surface area contributed by atoms with Gasteiger partial charge in [0, 0.05) is 5.56 Å². The second-order valence-corrected chi connectivity index (χ2v) is 4.39. The molecule has 0 saturated heterocycles. The molecule has 0 aliphatic rings. The fourth-order valence-electron chi connectivity index (χ4n) is 1.65. The van der Waals surface area contributed by atoms with Crippen molar-refractivity contribution >= 4 is 17.9 Å². The number of nitrogens with zero attached hydrogens (tertiary/aromatic N) is 1. The second-order valence-electron chi connectivity index (χ2n) is 3.98. The smallest absolute Gasteiger partial charge is 0.153 e. The first-order valence-electron chi connectivity index (χ1n) is 5.70. The lowest BCUT2D eigenvalue weighted by molar-refractivity contribution is 0.111. The van der Waals surface area contributed by atoms with Gasteiger partial charge in [0.05, 0.1) is 22.2 Å². The van der Waals surface area contributed by atoms with Crippen LogP contribution in [0.25, 0.3) is 0 Å². The van der Waals surface area contributed by atoms with Crippen LogP contribution < -0.4 is 4.74 Å². The van der Waals surface area contributed by atoms with Crippen LogP contribution in [0.5, 0.6) is 5.75 Å². The Morgan fingerprint density at radius 3 is 2.80 bits per heavy atom. The summed E-state index contributed by atoms with van der Waals surface area (Å²) in [5.74, 6) is -0.323. The number of rotatable bonds is 4. The molecule has 0 N–H and O–H groups in total. The molecule has 20 heavy (non-hydrogen) atoms. The van der Waals surface area contributed by atoms with E-state index < -0.39 is 5.82 Å². The van der Waals surface area contributed by atoms with Gasteiger partial charge in [-0.25, -0.2) is 4.39 Å². The highest BCUT2D eigenvalue weighted by molar-refractivity contribution is 6.32. The Kier molecular flexibility index (Phi) is 4.34. The maximum absolute atomic E-state index is 13.7. The lowest BCUT2D eigenvalue weighted by Gasteiger charge is -2.10. The summed E-state index contributed by atoms with van der Waals surface area (Å²) in [6.45, 7) is -0.0812. The summed E-state index contributed by atoms with van der Waals surface area (Å²) in [4.78, 5) is 10.9. The van der Waals surface area contributed by atoms with Gasteiger partial charge in [-0.2, -0.15) is 5.26 Å². The highest BCUT2D eigenvalue weighted by atomic mass is 35.5. The maximum Gasteiger partial charge on any atom is 0.153 e. The van der Waals surface area contributed by atoms with Gasteiger partial charge in [-0.15, -0.1) is 0 Å². The van der Waals surface area contributed by atoms with Crippen LogP contribution >= 0.6 is 11.6 Å². The van der Waals surface area contributed by atoms with Crippen molar-refractivity contribution in [1.29, 1.82) is 5.26 Å². The number of benzene rings is 2. The zero-order valence-electron chi connectivity index (χ0n) is 10.3. The number of para-hydroxylation sites is 1. The lowest BCUT2D eigenvalue weighted by Crippen LogP contribution is -2.01. The van der Waals surface area contributed by atoms with Crippen LogP contribution in [-0.2, 0) is 6.61 Å². The molecule has 100 valence electrons. The number of nitriles is 1. The Morgan fingerprint density at radius 2 is 2.15 bits per heavy atom. The number of aldehydes is 1. The zero-order chi connectivity index (χ0) is 14.5. The fraction of sp³-hybridized carbons (Fsp3) is 0.0667. The first kappa shape index (κ1) is 14.0. The minimum atomic E-state index is -0.538. The number of halogens is 2. The molecule has 2 rings (SSSR count). The standard InChI is InChI=1S/C15H9ClFNO2/c16-13-3-1-2-11(8-19)15(13)20-9-12-5-4-10(7-18)6-14(12)17/h1-6,8H,9H2. The molecular weight excluding hydrogens is 281 g/mol. The molecular formula is C15H9ClFNO2. The summed E-state index contributed by atoms with van der Waals surface area (Å²) < 4.78 is 19.1. The van der Waals surface area contributed by atoms with Crippen molar-refractivity contribution in [2.24, 2.45) is 0 Å². The van der Waals surface area contributed by atoms with Crippen LogP contribution in [0.3, 0.4) is 0 Å². The van der Waals surface area contributed by atoms with Crippen LogP contribution in [-0.4, -0.2) is 6.29 Å². The minimum Gasteiger partial charge on any atom is -0.486 e. The summed E-state index contributed by atoms with van der Waals surface area (Å²) in [6.07, 6.45) is 0.621. The monoisotopic (exact) mass is 289 g/mol. The number of ether oxygens (including phenoxy) is 1. The van der Waals surface area contributed by atoms with Crippen molar-refractivity contribution in [1.82, 2.24) is 0 Å². The molecule has 0 bridgehead atoms. The molecule has 5 heteroatoms. The maximum atomic E-state index is 13.7. The molecule has 2 aromatic carbocycles. The van der Waals surface area contributed by atoms with Gasteiger partial charge in [-0.3, -0.25) is 4.79 Å². The van der Waals surface area contributed by atoms with Crippen molar-refractivity contribution < 1.29 is 13.9 Å². The summed E-state index contributed by atoms with van der Waals surface area (Å²) in [6, 6.07) is 10.7. The predicted molar refractivity (Wildman–Crippen MR) is 72.3 cm³/mol. The molecule has 0 amide bonds. The summed E-state index contributed by atoms with van der Waals surface area (Å²) in [7, 11) is 0. The molecule has 2 aromatic rings. The Labute approximate surface area is 120 Å². The normalized spacial score (nSPS) is 9.85. The van der Waals surface area contributed by atoms with Gasteiger partial charge in [0.1, 0.15) is 18.2 Å². The predicted octanol–water partition coefficient (Wildman–Crippen LogP) is 3.74. The van der Waals surface area contributed by atoms with E-state index in [0.717, 1.165) is 6.07 Å². The number of carbonyl (C=O) groups is 1. The van der Waals surface area contributed by atoms with E-state index >= 15 is 0 Å². The van der Waals surface area contributed by atoms with Crippen LogP contribution in [0.15, 0.2) is 36.4 Å². The zero-order valence-corrected chi connectivity index (χ0v) is 11.0. The van der Waals surface area contributed by atoms with Gasteiger partial charge in [-0.05, 0) is 24.3 Å². The Bertz CT molecular complexity index is 695. The number of hydrogen-bond acceptors (Lipinski definition) is 3. The molecule has 0 spiro atoms. The Hall–Kier alpha value is -2.38. The highest BCUT2D eigenvalue weighted by Gasteiger charge is 2.10. The van der Waals surface area contributed by atoms with E-state index in [1.54, 1.807) is 18.2 Å². The van der Waals surface area contributed by atoms with E-state index in [2.05, 4.69) is 0 Å². The molecule has 3 nitrogen and oxygen atoms in total. The Morgan fingerprint density at radius 1 is 1.35 bits per heavy atom. The number of carbonyl (C=O) groups excluding carboxylic acids is 1. The molecule has 0 saturated carbocycles. The molecule has 0 aliphatic carbocycles. The fourth-order valence-corrected chi connectivity index (χ4v) is 1.89. The summed E-state index contributed by atoms with van der Waals surface area (Å²) >= 11 is 5.94. The van der Waals surface area contributed by atoms with Crippen LogP contribution in [0.1, 0.15) is 21.5 Å². The van der Waals surface area contributed by atoms with E-state index in [9.17, 15) is 9.18 Å². The van der Waals surface area contributed by atoms with Crippen molar-refractivity contribution in [3.63, 3.8) is 0 Å². The quantitative estimate of drug-likeness (QED) is 0.806. The topological polar surface area (TPSA) is 50.1 Å². The SMILES string of the molecule is N#Cc1ccc(COc2c(Cl)cccc2C=O)c(F)c1. The highest BCUT2D eigenvalue weighted by Crippen LogP contribution is 2.28. The van der Waals surface area contributed by atoms with Gasteiger partial charge in [0.15, 0.2) is 6.29 Å². The largest absolute Gasteiger partial charge is 0.486 e. The van der Waals surface area contributed by atoms with Gasteiger partial charge in [0.25, 0.3) is 0 Å². The summed E-state index contributed by atoms with van der Waals surface area (Å²) in [5, 5.41) is 8.94. The second kappa shape index (κ2) is 6.18.